The molecule has 2 aliphatic rings. The lowest BCUT2D eigenvalue weighted by Crippen LogP contribution is -2.51. The number of rotatable bonds is 6. The van der Waals surface area contributed by atoms with Crippen LogP contribution in [0.2, 0.25) is 5.02 Å². The zero-order valence-electron chi connectivity index (χ0n) is 18.9. The summed E-state index contributed by atoms with van der Waals surface area (Å²) in [5.41, 5.74) is 1.14. The summed E-state index contributed by atoms with van der Waals surface area (Å²) >= 11 is 6.54. The van der Waals surface area contributed by atoms with Gasteiger partial charge in [-0.15, -0.1) is 0 Å². The van der Waals surface area contributed by atoms with Gasteiger partial charge in [0, 0.05) is 38.3 Å². The Labute approximate surface area is 198 Å². The van der Waals surface area contributed by atoms with Gasteiger partial charge in [0.25, 0.3) is 0 Å². The lowest BCUT2D eigenvalue weighted by atomic mass is 9.81. The number of halogens is 2. The molecule has 0 bridgehead atoms. The molecule has 2 aromatic rings. The minimum Gasteiger partial charge on any atom is -0.489 e. The van der Waals surface area contributed by atoms with Crippen molar-refractivity contribution in [3.05, 3.63) is 58.4 Å². The monoisotopic (exact) mass is 477 g/mol. The van der Waals surface area contributed by atoms with E-state index >= 15 is 0 Å². The number of hydrogen-bond acceptors (Lipinski definition) is 5. The zero-order valence-corrected chi connectivity index (χ0v) is 19.6. The fourth-order valence-electron chi connectivity index (χ4n) is 4.40. The van der Waals surface area contributed by atoms with Crippen molar-refractivity contribution in [3.63, 3.8) is 0 Å². The van der Waals surface area contributed by atoms with Crippen molar-refractivity contribution in [2.24, 2.45) is 0 Å². The van der Waals surface area contributed by atoms with Crippen molar-refractivity contribution in [2.75, 3.05) is 26.9 Å². The van der Waals surface area contributed by atoms with Crippen LogP contribution >= 0.6 is 11.6 Å². The summed E-state index contributed by atoms with van der Waals surface area (Å²) in [6.07, 6.45) is 1.43. The fraction of sp³-hybridized carbons (Fsp3) is 0.480. The normalized spacial score (nSPS) is 24.7. The second kappa shape index (κ2) is 10.3. The summed E-state index contributed by atoms with van der Waals surface area (Å²) in [6, 6.07) is 10.0. The molecule has 1 fully saturated rings. The molecule has 6 nitrogen and oxygen atoms in total. The molecule has 4 rings (SSSR count). The third kappa shape index (κ3) is 5.78. The number of carbonyl (C=O) groups is 1. The second-order valence-corrected chi connectivity index (χ2v) is 9.21. The molecule has 0 aliphatic carbocycles. The van der Waals surface area contributed by atoms with E-state index in [-0.39, 0.29) is 30.4 Å². The first-order valence-electron chi connectivity index (χ1n) is 11.2. The van der Waals surface area contributed by atoms with E-state index in [1.807, 2.05) is 19.1 Å². The Kier molecular flexibility index (Phi) is 7.41. The molecule has 1 amide bonds. The SMILES string of the molecule is COCCC(=O)N[C@@]1(C)C[C@@H](c2ccc(F)cc2)O[C@@H](c2cc(Cl)c3c(c2)OCCCO3)C1. The molecular formula is C25H29ClFNO5. The summed E-state index contributed by atoms with van der Waals surface area (Å²) < 4.78 is 36.7. The van der Waals surface area contributed by atoms with Crippen molar-refractivity contribution in [1.82, 2.24) is 5.32 Å². The van der Waals surface area contributed by atoms with Gasteiger partial charge in [-0.25, -0.2) is 4.39 Å². The topological polar surface area (TPSA) is 66.0 Å². The van der Waals surface area contributed by atoms with Gasteiger partial charge in [-0.1, -0.05) is 23.7 Å². The van der Waals surface area contributed by atoms with Crippen LogP contribution in [0.4, 0.5) is 4.39 Å². The number of hydrogen-bond donors (Lipinski definition) is 1. The number of amides is 1. The Balaban J connectivity index is 1.65. The van der Waals surface area contributed by atoms with Gasteiger partial charge in [-0.3, -0.25) is 4.79 Å². The molecule has 178 valence electrons. The standard InChI is InChI=1S/C25H29ClFNO5/c1-25(28-23(29)8-11-30-2)14-21(16-4-6-18(27)7-5-16)33-22(15-25)17-12-19(26)24-20(13-17)31-9-3-10-32-24/h4-7,12-13,21-22H,3,8-11,14-15H2,1-2H3,(H,28,29)/t21-,22+,25-/m0/s1. The van der Waals surface area contributed by atoms with Crippen LogP contribution in [0, 0.1) is 5.82 Å². The number of methoxy groups -OCH3 is 1. The first-order chi connectivity index (χ1) is 15.9. The van der Waals surface area contributed by atoms with Crippen molar-refractivity contribution < 1.29 is 28.1 Å². The number of benzene rings is 2. The molecule has 2 aliphatic heterocycles. The number of fused-ring (bicyclic) bond motifs is 1. The van der Waals surface area contributed by atoms with Gasteiger partial charge < -0.3 is 24.3 Å². The van der Waals surface area contributed by atoms with Crippen LogP contribution in [0.3, 0.4) is 0 Å². The Bertz CT molecular complexity index is 986. The third-order valence-corrected chi connectivity index (χ3v) is 6.29. The van der Waals surface area contributed by atoms with Crippen LogP contribution in [0.5, 0.6) is 11.5 Å². The predicted octanol–water partition coefficient (Wildman–Crippen LogP) is 5.14. The first kappa shape index (κ1) is 23.8. The summed E-state index contributed by atoms with van der Waals surface area (Å²) in [7, 11) is 1.57. The minimum absolute atomic E-state index is 0.0884. The molecule has 1 saturated heterocycles. The van der Waals surface area contributed by atoms with E-state index in [9.17, 15) is 9.18 Å². The van der Waals surface area contributed by atoms with Gasteiger partial charge >= 0.3 is 0 Å². The highest BCUT2D eigenvalue weighted by atomic mass is 35.5. The van der Waals surface area contributed by atoms with Gasteiger partial charge in [0.15, 0.2) is 11.5 Å². The van der Waals surface area contributed by atoms with E-state index in [0.717, 1.165) is 17.5 Å². The van der Waals surface area contributed by atoms with Gasteiger partial charge in [0.1, 0.15) is 5.82 Å². The molecule has 0 unspecified atom stereocenters. The number of nitrogens with one attached hydrogen (secondary N) is 1. The molecule has 0 spiro atoms. The largest absolute Gasteiger partial charge is 0.489 e. The molecule has 8 heteroatoms. The van der Waals surface area contributed by atoms with Crippen LogP contribution in [0.15, 0.2) is 36.4 Å². The first-order valence-corrected chi connectivity index (χ1v) is 11.5. The predicted molar refractivity (Wildman–Crippen MR) is 122 cm³/mol. The van der Waals surface area contributed by atoms with Gasteiger partial charge in [0.2, 0.25) is 5.91 Å². The van der Waals surface area contributed by atoms with Crippen molar-refractivity contribution in [2.45, 2.75) is 50.4 Å². The molecular weight excluding hydrogens is 449 g/mol. The van der Waals surface area contributed by atoms with Gasteiger partial charge in [-0.05, 0) is 42.3 Å². The van der Waals surface area contributed by atoms with E-state index in [2.05, 4.69) is 5.32 Å². The molecule has 33 heavy (non-hydrogen) atoms. The maximum absolute atomic E-state index is 13.5. The zero-order chi connectivity index (χ0) is 23.4. The summed E-state index contributed by atoms with van der Waals surface area (Å²) in [5, 5.41) is 3.63. The summed E-state index contributed by atoms with van der Waals surface area (Å²) in [6.45, 7) is 3.45. The highest BCUT2D eigenvalue weighted by molar-refractivity contribution is 6.32. The van der Waals surface area contributed by atoms with Crippen molar-refractivity contribution >= 4 is 17.5 Å². The van der Waals surface area contributed by atoms with Crippen LogP contribution in [0.1, 0.15) is 55.9 Å². The van der Waals surface area contributed by atoms with Crippen LogP contribution < -0.4 is 14.8 Å². The second-order valence-electron chi connectivity index (χ2n) is 8.81. The van der Waals surface area contributed by atoms with Crippen molar-refractivity contribution in [3.8, 4) is 11.5 Å². The number of carbonyl (C=O) groups excluding carboxylic acids is 1. The molecule has 2 heterocycles. The Morgan fingerprint density at radius 3 is 2.58 bits per heavy atom. The van der Waals surface area contributed by atoms with Crippen LogP contribution in [0.25, 0.3) is 0 Å². The molecule has 0 saturated carbocycles. The van der Waals surface area contributed by atoms with Gasteiger partial charge in [0.05, 0.1) is 37.1 Å². The van der Waals surface area contributed by atoms with Crippen LogP contribution in [-0.2, 0) is 14.3 Å². The van der Waals surface area contributed by atoms with Gasteiger partial charge in [-0.2, -0.15) is 0 Å². The Morgan fingerprint density at radius 2 is 1.85 bits per heavy atom. The average Bonchev–Trinajstić information content (AvgIpc) is 3.03. The van der Waals surface area contributed by atoms with Crippen molar-refractivity contribution in [1.29, 1.82) is 0 Å². The lowest BCUT2D eigenvalue weighted by molar-refractivity contribution is -0.129. The lowest BCUT2D eigenvalue weighted by Gasteiger charge is -2.43. The van der Waals surface area contributed by atoms with E-state index in [4.69, 9.17) is 30.5 Å². The van der Waals surface area contributed by atoms with E-state index < -0.39 is 5.54 Å². The third-order valence-electron chi connectivity index (χ3n) is 6.01. The minimum atomic E-state index is -0.552. The molecule has 2 aromatic carbocycles. The smallest absolute Gasteiger partial charge is 0.222 e. The molecule has 1 N–H and O–H groups in total. The number of ether oxygens (including phenoxy) is 4. The van der Waals surface area contributed by atoms with Crippen LogP contribution in [-0.4, -0.2) is 38.4 Å². The highest BCUT2D eigenvalue weighted by Crippen LogP contribution is 2.47. The van der Waals surface area contributed by atoms with E-state index in [1.165, 1.54) is 12.1 Å². The summed E-state index contributed by atoms with van der Waals surface area (Å²) in [4.78, 5) is 12.6. The summed E-state index contributed by atoms with van der Waals surface area (Å²) in [5.74, 6) is 0.735. The van der Waals surface area contributed by atoms with E-state index in [0.29, 0.717) is 49.2 Å². The maximum atomic E-state index is 13.5. The molecule has 0 radical (unpaired) electrons. The fourth-order valence-corrected chi connectivity index (χ4v) is 4.67. The maximum Gasteiger partial charge on any atom is 0.222 e. The quantitative estimate of drug-likeness (QED) is 0.623. The Hall–Kier alpha value is -2.35. The average molecular weight is 478 g/mol. The Morgan fingerprint density at radius 1 is 1.15 bits per heavy atom. The molecule has 0 aromatic heterocycles. The molecule has 3 atom stereocenters. The highest BCUT2D eigenvalue weighted by Gasteiger charge is 2.40. The van der Waals surface area contributed by atoms with E-state index in [1.54, 1.807) is 19.2 Å².